The zero-order valence-electron chi connectivity index (χ0n) is 16.9. The van der Waals surface area contributed by atoms with Crippen molar-refractivity contribution in [1.82, 2.24) is 15.8 Å². The molecular weight excluding hydrogens is 423 g/mol. The summed E-state index contributed by atoms with van der Waals surface area (Å²) in [5.41, 5.74) is 8.38. The highest BCUT2D eigenvalue weighted by Crippen LogP contribution is 2.33. The van der Waals surface area contributed by atoms with Crippen molar-refractivity contribution in [3.05, 3.63) is 58.1 Å². The lowest BCUT2D eigenvalue weighted by Crippen LogP contribution is -2.51. The summed E-state index contributed by atoms with van der Waals surface area (Å²) >= 11 is 12.7. The summed E-state index contributed by atoms with van der Waals surface area (Å²) in [5, 5.41) is 1.30. The Morgan fingerprint density at radius 3 is 2.57 bits per heavy atom. The third-order valence-electron chi connectivity index (χ3n) is 5.70. The van der Waals surface area contributed by atoms with E-state index in [9.17, 15) is 4.79 Å². The van der Waals surface area contributed by atoms with Gasteiger partial charge < -0.3 is 14.5 Å². The Morgan fingerprint density at radius 2 is 1.87 bits per heavy atom. The van der Waals surface area contributed by atoms with Gasteiger partial charge in [-0.3, -0.25) is 10.2 Å². The first-order valence-electron chi connectivity index (χ1n) is 10.3. The van der Waals surface area contributed by atoms with Crippen LogP contribution in [0.15, 0.2) is 42.5 Å². The number of ether oxygens (including phenoxy) is 1. The maximum absolute atomic E-state index is 13.3. The van der Waals surface area contributed by atoms with Crippen LogP contribution in [0.25, 0.3) is 0 Å². The summed E-state index contributed by atoms with van der Waals surface area (Å²) in [6, 6.07) is 13.4. The molecule has 0 spiro atoms. The topological polar surface area (TPSA) is 56.8 Å². The van der Waals surface area contributed by atoms with E-state index < -0.39 is 0 Å². The zero-order chi connectivity index (χ0) is 21.1. The van der Waals surface area contributed by atoms with Crippen molar-refractivity contribution in [2.24, 2.45) is 5.92 Å². The third kappa shape index (κ3) is 4.37. The number of hydrazine groups is 1. The first kappa shape index (κ1) is 21.2. The van der Waals surface area contributed by atoms with Gasteiger partial charge in [0.25, 0.3) is 0 Å². The van der Waals surface area contributed by atoms with Gasteiger partial charge in [-0.25, -0.2) is 5.43 Å². The molecule has 0 aliphatic carbocycles. The normalized spacial score (nSPS) is 21.7. The molecule has 2 aliphatic rings. The first-order valence-corrected chi connectivity index (χ1v) is 11.0. The Balaban J connectivity index is 1.42. The Hall–Kier alpha value is -1.99. The van der Waals surface area contributed by atoms with Gasteiger partial charge in [-0.15, -0.1) is 0 Å². The minimum Gasteiger partial charge on any atom is -0.492 e. The average molecular weight is 449 g/mol. The molecule has 4 rings (SSSR count). The number of rotatable bonds is 5. The molecule has 2 atom stereocenters. The molecular formula is C22H26Cl2N4O2. The van der Waals surface area contributed by atoms with Gasteiger partial charge >= 0.3 is 0 Å². The number of hydrogen-bond donors (Lipinski definition) is 2. The summed E-state index contributed by atoms with van der Waals surface area (Å²) < 4.78 is 5.52. The minimum atomic E-state index is -0.189. The predicted octanol–water partition coefficient (Wildman–Crippen LogP) is 3.51. The lowest BCUT2D eigenvalue weighted by atomic mass is 9.93. The first-order chi connectivity index (χ1) is 14.6. The van der Waals surface area contributed by atoms with Crippen LogP contribution in [0.1, 0.15) is 18.5 Å². The Labute approximate surface area is 187 Å². The van der Waals surface area contributed by atoms with Crippen molar-refractivity contribution in [2.75, 3.05) is 44.2 Å². The van der Waals surface area contributed by atoms with Gasteiger partial charge in [0.15, 0.2) is 0 Å². The highest BCUT2D eigenvalue weighted by atomic mass is 35.5. The molecule has 6 nitrogen and oxygen atoms in total. The quantitative estimate of drug-likeness (QED) is 0.732. The lowest BCUT2D eigenvalue weighted by molar-refractivity contribution is -0.135. The Bertz CT molecular complexity index is 902. The average Bonchev–Trinajstić information content (AvgIpc) is 3.25. The van der Waals surface area contributed by atoms with E-state index in [0.717, 1.165) is 29.4 Å². The molecule has 2 saturated heterocycles. The van der Waals surface area contributed by atoms with E-state index >= 15 is 0 Å². The standard InChI is InChI=1S/C22H26Cl2N4O2/c1-2-30-20-8-7-15(13-18(20)24)21-16(14-25-26-21)22(29)28-11-9-27(10-12-28)19-6-4-3-5-17(19)23/h3-8,13,16,21,25-26H,2,9-12,14H2,1H3. The number of amides is 1. The Kier molecular flexibility index (Phi) is 6.68. The molecule has 2 heterocycles. The van der Waals surface area contributed by atoms with Crippen molar-refractivity contribution in [3.63, 3.8) is 0 Å². The van der Waals surface area contributed by atoms with Gasteiger partial charge in [-0.1, -0.05) is 41.4 Å². The van der Waals surface area contributed by atoms with Crippen LogP contribution in [0.3, 0.4) is 0 Å². The molecule has 2 unspecified atom stereocenters. The van der Waals surface area contributed by atoms with E-state index in [0.29, 0.717) is 37.0 Å². The molecule has 2 aromatic rings. The van der Waals surface area contributed by atoms with Crippen LogP contribution in [0.4, 0.5) is 5.69 Å². The van der Waals surface area contributed by atoms with Gasteiger partial charge in [-0.2, -0.15) is 0 Å². The van der Waals surface area contributed by atoms with Crippen LogP contribution in [0.2, 0.25) is 10.0 Å². The van der Waals surface area contributed by atoms with Crippen molar-refractivity contribution >= 4 is 34.8 Å². The van der Waals surface area contributed by atoms with Crippen LogP contribution < -0.4 is 20.5 Å². The fourth-order valence-electron chi connectivity index (χ4n) is 4.14. The summed E-state index contributed by atoms with van der Waals surface area (Å²) in [4.78, 5) is 17.5. The Morgan fingerprint density at radius 1 is 1.10 bits per heavy atom. The highest BCUT2D eigenvalue weighted by molar-refractivity contribution is 6.33. The number of nitrogens with zero attached hydrogens (tertiary/aromatic N) is 2. The molecule has 2 aromatic carbocycles. The largest absolute Gasteiger partial charge is 0.492 e. The second-order valence-corrected chi connectivity index (χ2v) is 8.31. The van der Waals surface area contributed by atoms with Crippen molar-refractivity contribution in [3.8, 4) is 5.75 Å². The summed E-state index contributed by atoms with van der Waals surface area (Å²) in [6.07, 6.45) is 0. The predicted molar refractivity (Wildman–Crippen MR) is 120 cm³/mol. The molecule has 8 heteroatoms. The lowest BCUT2D eigenvalue weighted by Gasteiger charge is -2.38. The van der Waals surface area contributed by atoms with Crippen LogP contribution in [0.5, 0.6) is 5.75 Å². The number of carbonyl (C=O) groups excluding carboxylic acids is 1. The van der Waals surface area contributed by atoms with E-state index in [-0.39, 0.29) is 17.9 Å². The highest BCUT2D eigenvalue weighted by Gasteiger charge is 2.37. The number of piperazine rings is 1. The number of halogens is 2. The molecule has 1 amide bonds. The van der Waals surface area contributed by atoms with Crippen LogP contribution >= 0.6 is 23.2 Å². The number of para-hydroxylation sites is 1. The smallest absolute Gasteiger partial charge is 0.229 e. The fraction of sp³-hybridized carbons (Fsp3) is 0.409. The molecule has 160 valence electrons. The number of nitrogens with one attached hydrogen (secondary N) is 2. The van der Waals surface area contributed by atoms with Crippen molar-refractivity contribution in [2.45, 2.75) is 13.0 Å². The van der Waals surface area contributed by atoms with Crippen LogP contribution in [-0.4, -0.2) is 50.1 Å². The number of hydrogen-bond acceptors (Lipinski definition) is 5. The molecule has 0 bridgehead atoms. The number of benzene rings is 2. The van der Waals surface area contributed by atoms with E-state index in [4.69, 9.17) is 27.9 Å². The number of anilines is 1. The van der Waals surface area contributed by atoms with Gasteiger partial charge in [0.2, 0.25) is 5.91 Å². The van der Waals surface area contributed by atoms with E-state index in [1.54, 1.807) is 0 Å². The summed E-state index contributed by atoms with van der Waals surface area (Å²) in [7, 11) is 0. The molecule has 30 heavy (non-hydrogen) atoms. The van der Waals surface area contributed by atoms with E-state index in [2.05, 4.69) is 15.8 Å². The molecule has 2 aliphatic heterocycles. The monoisotopic (exact) mass is 448 g/mol. The maximum atomic E-state index is 13.3. The number of carbonyl (C=O) groups is 1. The van der Waals surface area contributed by atoms with E-state index in [1.807, 2.05) is 54.3 Å². The fourth-order valence-corrected chi connectivity index (χ4v) is 4.64. The van der Waals surface area contributed by atoms with Crippen molar-refractivity contribution < 1.29 is 9.53 Å². The molecule has 0 aromatic heterocycles. The van der Waals surface area contributed by atoms with Gasteiger partial charge in [-0.05, 0) is 36.8 Å². The SMILES string of the molecule is CCOc1ccc(C2NNCC2C(=O)N2CCN(c3ccccc3Cl)CC2)cc1Cl. The zero-order valence-corrected chi connectivity index (χ0v) is 18.4. The second-order valence-electron chi connectivity index (χ2n) is 7.50. The molecule has 2 fully saturated rings. The van der Waals surface area contributed by atoms with Crippen LogP contribution in [0, 0.1) is 5.92 Å². The molecule has 0 radical (unpaired) electrons. The molecule has 2 N–H and O–H groups in total. The maximum Gasteiger partial charge on any atom is 0.229 e. The van der Waals surface area contributed by atoms with Gasteiger partial charge in [0.05, 0.1) is 34.3 Å². The second kappa shape index (κ2) is 9.43. The minimum absolute atomic E-state index is 0.132. The van der Waals surface area contributed by atoms with E-state index in [1.165, 1.54) is 0 Å². The third-order valence-corrected chi connectivity index (χ3v) is 6.31. The van der Waals surface area contributed by atoms with Gasteiger partial charge in [0.1, 0.15) is 5.75 Å². The van der Waals surface area contributed by atoms with Crippen molar-refractivity contribution in [1.29, 1.82) is 0 Å². The van der Waals surface area contributed by atoms with Gasteiger partial charge in [0, 0.05) is 32.7 Å². The van der Waals surface area contributed by atoms with Crippen LogP contribution in [-0.2, 0) is 4.79 Å². The summed E-state index contributed by atoms with van der Waals surface area (Å²) in [6.45, 7) is 5.95. The molecule has 0 saturated carbocycles. The summed E-state index contributed by atoms with van der Waals surface area (Å²) in [5.74, 6) is 0.625.